The van der Waals surface area contributed by atoms with Crippen molar-refractivity contribution in [2.75, 3.05) is 0 Å². The smallest absolute Gasteiger partial charge is 0.0716 e. The van der Waals surface area contributed by atoms with Crippen LogP contribution >= 0.6 is 0 Å². The maximum absolute atomic E-state index is 3.36. The summed E-state index contributed by atoms with van der Waals surface area (Å²) >= 11 is 0. The van der Waals surface area contributed by atoms with Crippen molar-refractivity contribution in [2.24, 2.45) is 0 Å². The molecule has 5 heteroatoms. The molecule has 0 spiro atoms. The molecular weight excluding hydrogens is 190 g/mol. The van der Waals surface area contributed by atoms with Crippen molar-refractivity contribution in [1.82, 2.24) is 25.6 Å². The van der Waals surface area contributed by atoms with Crippen molar-refractivity contribution < 1.29 is 0 Å². The Labute approximate surface area is 86.2 Å². The Morgan fingerprint density at radius 1 is 0.800 bits per heavy atom. The summed E-state index contributed by atoms with van der Waals surface area (Å²) < 4.78 is 0. The van der Waals surface area contributed by atoms with E-state index in [1.165, 1.54) is 23.2 Å². The number of nitrogens with one attached hydrogen (secondary N) is 1. The van der Waals surface area contributed by atoms with E-state index in [9.17, 15) is 0 Å². The van der Waals surface area contributed by atoms with Crippen LogP contribution in [0.4, 0.5) is 0 Å². The predicted octanol–water partition coefficient (Wildman–Crippen LogP) is 1.43. The summed E-state index contributed by atoms with van der Waals surface area (Å²) in [6.07, 6.45) is 6.92. The van der Waals surface area contributed by atoms with E-state index in [2.05, 4.69) is 37.7 Å². The molecule has 3 rings (SSSR count). The molecule has 2 heterocycles. The first-order chi connectivity index (χ1) is 7.47. The minimum absolute atomic E-state index is 1.28. The number of hydrogen-bond acceptors (Lipinski definition) is 4. The summed E-state index contributed by atoms with van der Waals surface area (Å²) in [5.74, 6) is 0. The molecule has 0 radical (unpaired) electrons. The van der Waals surface area contributed by atoms with Crippen LogP contribution in [-0.4, -0.2) is 25.6 Å². The molecule has 0 aliphatic rings. The standard InChI is InChI=1S/C8H7N.C2H2N4/c1-2-4-8-6-9-5-7(8)3-1;1-2-4-6-5-3-1/h1-6,9H;1-2H. The average molecular weight is 199 g/mol. The van der Waals surface area contributed by atoms with Crippen LogP contribution in [0.15, 0.2) is 49.1 Å². The fourth-order valence-electron chi connectivity index (χ4n) is 1.16. The molecule has 3 aromatic rings. The second-order valence-electron chi connectivity index (χ2n) is 2.79. The third-order valence-corrected chi connectivity index (χ3v) is 1.82. The van der Waals surface area contributed by atoms with Crippen molar-refractivity contribution >= 4 is 10.8 Å². The van der Waals surface area contributed by atoms with Gasteiger partial charge < -0.3 is 4.98 Å². The fraction of sp³-hybridized carbons (Fsp3) is 0. The molecule has 0 saturated heterocycles. The molecular formula is C10H9N5. The largest absolute Gasteiger partial charge is 0.366 e. The number of fused-ring (bicyclic) bond motifs is 1. The summed E-state index contributed by atoms with van der Waals surface area (Å²) in [6, 6.07) is 8.25. The molecule has 0 fully saturated rings. The third kappa shape index (κ3) is 2.57. The van der Waals surface area contributed by atoms with Gasteiger partial charge in [0.1, 0.15) is 0 Å². The highest BCUT2D eigenvalue weighted by molar-refractivity contribution is 5.81. The molecule has 5 nitrogen and oxygen atoms in total. The van der Waals surface area contributed by atoms with Gasteiger partial charge in [-0.25, -0.2) is 0 Å². The number of rotatable bonds is 0. The minimum Gasteiger partial charge on any atom is -0.366 e. The van der Waals surface area contributed by atoms with Gasteiger partial charge in [-0.1, -0.05) is 24.3 Å². The molecule has 1 aromatic carbocycles. The van der Waals surface area contributed by atoms with Crippen molar-refractivity contribution in [3.63, 3.8) is 0 Å². The SMILES string of the molecule is c1ccc2c[nH]cc2c1.c1cnnnn1. The highest BCUT2D eigenvalue weighted by Crippen LogP contribution is 2.10. The molecule has 0 aliphatic heterocycles. The zero-order valence-electron chi connectivity index (χ0n) is 7.91. The van der Waals surface area contributed by atoms with E-state index in [1.807, 2.05) is 24.5 Å². The summed E-state index contributed by atoms with van der Waals surface area (Å²) in [5.41, 5.74) is 0. The Morgan fingerprint density at radius 2 is 1.33 bits per heavy atom. The number of aromatic amines is 1. The van der Waals surface area contributed by atoms with E-state index >= 15 is 0 Å². The highest BCUT2D eigenvalue weighted by Gasteiger charge is 1.86. The maximum atomic E-state index is 3.36. The Bertz CT molecular complexity index is 448. The first kappa shape index (κ1) is 9.26. The van der Waals surface area contributed by atoms with Crippen LogP contribution in [0.3, 0.4) is 0 Å². The van der Waals surface area contributed by atoms with Crippen molar-refractivity contribution in [3.8, 4) is 0 Å². The van der Waals surface area contributed by atoms with Gasteiger partial charge in [0.2, 0.25) is 0 Å². The topological polar surface area (TPSA) is 67.3 Å². The Morgan fingerprint density at radius 3 is 1.73 bits per heavy atom. The van der Waals surface area contributed by atoms with Crippen molar-refractivity contribution in [1.29, 1.82) is 0 Å². The van der Waals surface area contributed by atoms with Crippen molar-refractivity contribution in [3.05, 3.63) is 49.1 Å². The third-order valence-electron chi connectivity index (χ3n) is 1.82. The summed E-state index contributed by atoms with van der Waals surface area (Å²) in [5, 5.41) is 15.6. The van der Waals surface area contributed by atoms with Gasteiger partial charge in [0.25, 0.3) is 0 Å². The van der Waals surface area contributed by atoms with Gasteiger partial charge in [-0.3, -0.25) is 0 Å². The molecule has 0 unspecified atom stereocenters. The Hall–Kier alpha value is -2.30. The second-order valence-corrected chi connectivity index (χ2v) is 2.79. The van der Waals surface area contributed by atoms with Crippen LogP contribution in [0.1, 0.15) is 0 Å². The van der Waals surface area contributed by atoms with E-state index in [0.717, 1.165) is 0 Å². The Balaban J connectivity index is 0.000000124. The van der Waals surface area contributed by atoms with E-state index < -0.39 is 0 Å². The fourth-order valence-corrected chi connectivity index (χ4v) is 1.16. The molecule has 0 saturated carbocycles. The van der Waals surface area contributed by atoms with Gasteiger partial charge in [0.05, 0.1) is 12.4 Å². The predicted molar refractivity (Wildman–Crippen MR) is 55.9 cm³/mol. The van der Waals surface area contributed by atoms with Crippen LogP contribution < -0.4 is 0 Å². The van der Waals surface area contributed by atoms with Gasteiger partial charge in [0.15, 0.2) is 0 Å². The van der Waals surface area contributed by atoms with E-state index in [1.54, 1.807) is 0 Å². The van der Waals surface area contributed by atoms with Crippen LogP contribution in [0.5, 0.6) is 0 Å². The van der Waals surface area contributed by atoms with Crippen LogP contribution in [0.2, 0.25) is 0 Å². The van der Waals surface area contributed by atoms with Gasteiger partial charge in [-0.15, -0.1) is 10.2 Å². The first-order valence-electron chi connectivity index (χ1n) is 4.43. The van der Waals surface area contributed by atoms with E-state index in [4.69, 9.17) is 0 Å². The molecule has 2 aromatic heterocycles. The van der Waals surface area contributed by atoms with E-state index in [0.29, 0.717) is 0 Å². The lowest BCUT2D eigenvalue weighted by Gasteiger charge is -1.81. The summed E-state index contributed by atoms with van der Waals surface area (Å²) in [4.78, 5) is 3.04. The monoisotopic (exact) mass is 199 g/mol. The summed E-state index contributed by atoms with van der Waals surface area (Å²) in [7, 11) is 0. The molecule has 1 N–H and O–H groups in total. The minimum atomic E-state index is 1.28. The zero-order valence-corrected chi connectivity index (χ0v) is 7.91. The highest BCUT2D eigenvalue weighted by atomic mass is 15.4. The number of benzene rings is 1. The van der Waals surface area contributed by atoms with Gasteiger partial charge in [-0.05, 0) is 21.2 Å². The number of H-pyrrole nitrogens is 1. The normalized spacial score (nSPS) is 9.33. The number of hydrogen-bond donors (Lipinski definition) is 1. The molecule has 0 atom stereocenters. The number of aromatic nitrogens is 5. The van der Waals surface area contributed by atoms with Gasteiger partial charge in [0, 0.05) is 12.4 Å². The van der Waals surface area contributed by atoms with E-state index in [-0.39, 0.29) is 0 Å². The number of nitrogens with zero attached hydrogens (tertiary/aromatic N) is 4. The van der Waals surface area contributed by atoms with Gasteiger partial charge in [-0.2, -0.15) is 0 Å². The van der Waals surface area contributed by atoms with Gasteiger partial charge >= 0.3 is 0 Å². The molecule has 0 bridgehead atoms. The second kappa shape index (κ2) is 4.80. The van der Waals surface area contributed by atoms with Crippen molar-refractivity contribution in [2.45, 2.75) is 0 Å². The zero-order chi connectivity index (χ0) is 10.3. The molecule has 74 valence electrons. The lowest BCUT2D eigenvalue weighted by molar-refractivity contribution is 0.761. The van der Waals surface area contributed by atoms with Crippen LogP contribution in [0.25, 0.3) is 10.8 Å². The average Bonchev–Trinajstić information content (AvgIpc) is 2.80. The first-order valence-corrected chi connectivity index (χ1v) is 4.43. The molecule has 0 aliphatic carbocycles. The summed E-state index contributed by atoms with van der Waals surface area (Å²) in [6.45, 7) is 0. The van der Waals surface area contributed by atoms with Crippen LogP contribution in [-0.2, 0) is 0 Å². The lowest BCUT2D eigenvalue weighted by atomic mass is 10.2. The quantitative estimate of drug-likeness (QED) is 0.594. The van der Waals surface area contributed by atoms with Crippen LogP contribution in [0, 0.1) is 0 Å². The lowest BCUT2D eigenvalue weighted by Crippen LogP contribution is -1.84. The maximum Gasteiger partial charge on any atom is 0.0716 e. The molecule has 0 amide bonds. The molecule has 15 heavy (non-hydrogen) atoms. The Kier molecular flexibility index (Phi) is 2.97.